The summed E-state index contributed by atoms with van der Waals surface area (Å²) in [6, 6.07) is 6.16. The molecule has 7 heteroatoms. The second-order valence-corrected chi connectivity index (χ2v) is 7.96. The molecular weight excluding hydrogens is 346 g/mol. The molecule has 0 spiro atoms. The minimum Gasteiger partial charge on any atom is -0.373 e. The summed E-state index contributed by atoms with van der Waals surface area (Å²) in [5.74, 6) is 0.356. The fourth-order valence-electron chi connectivity index (χ4n) is 3.38. The molecule has 3 N–H and O–H groups in total. The number of aryl methyl sites for hydroxylation is 1. The SMILES string of the molecule is NCc1ccc2nc(N(CCCn3ccnc3)C(O)C3CCC3)sc2c1. The van der Waals surface area contributed by atoms with Crippen LogP contribution in [0.4, 0.5) is 5.13 Å². The molecular formula is C19H25N5OS. The van der Waals surface area contributed by atoms with Gasteiger partial charge in [0.25, 0.3) is 0 Å². The van der Waals surface area contributed by atoms with E-state index in [1.165, 1.54) is 6.42 Å². The molecule has 0 saturated heterocycles. The van der Waals surface area contributed by atoms with Crippen LogP contribution in [0.2, 0.25) is 0 Å². The molecule has 0 amide bonds. The highest BCUT2D eigenvalue weighted by Gasteiger charge is 2.31. The maximum atomic E-state index is 10.9. The number of aliphatic hydroxyl groups is 1. The Hall–Kier alpha value is -1.96. The summed E-state index contributed by atoms with van der Waals surface area (Å²) in [7, 11) is 0. The third-order valence-electron chi connectivity index (χ3n) is 5.19. The first-order valence-electron chi connectivity index (χ1n) is 9.24. The van der Waals surface area contributed by atoms with Gasteiger partial charge in [-0.25, -0.2) is 9.97 Å². The topological polar surface area (TPSA) is 80.2 Å². The summed E-state index contributed by atoms with van der Waals surface area (Å²) in [5, 5.41) is 11.8. The van der Waals surface area contributed by atoms with Gasteiger partial charge in [0, 0.05) is 37.9 Å². The van der Waals surface area contributed by atoms with Crippen molar-refractivity contribution < 1.29 is 5.11 Å². The Balaban J connectivity index is 1.54. The zero-order chi connectivity index (χ0) is 17.9. The van der Waals surface area contributed by atoms with Crippen LogP contribution in [0.15, 0.2) is 36.9 Å². The molecule has 0 radical (unpaired) electrons. The van der Waals surface area contributed by atoms with E-state index in [-0.39, 0.29) is 0 Å². The first kappa shape index (κ1) is 17.5. The predicted molar refractivity (Wildman–Crippen MR) is 105 cm³/mol. The summed E-state index contributed by atoms with van der Waals surface area (Å²) < 4.78 is 3.20. The molecule has 2 heterocycles. The summed E-state index contributed by atoms with van der Waals surface area (Å²) in [4.78, 5) is 11.0. The molecule has 138 valence electrons. The van der Waals surface area contributed by atoms with Gasteiger partial charge in [0.1, 0.15) is 6.23 Å². The molecule has 1 aromatic carbocycles. The minimum atomic E-state index is -0.457. The van der Waals surface area contributed by atoms with E-state index >= 15 is 0 Å². The molecule has 0 bridgehead atoms. The Morgan fingerprint density at radius 2 is 2.27 bits per heavy atom. The third-order valence-corrected chi connectivity index (χ3v) is 6.24. The van der Waals surface area contributed by atoms with E-state index in [1.807, 2.05) is 24.7 Å². The van der Waals surface area contributed by atoms with Crippen LogP contribution < -0.4 is 10.6 Å². The standard InChI is InChI=1S/C19H25N5OS/c20-12-14-5-6-16-17(11-14)26-19(22-16)24(18(25)15-3-1-4-15)9-2-8-23-10-7-21-13-23/h5-7,10-11,13,15,18,25H,1-4,8-9,12,20H2. The van der Waals surface area contributed by atoms with Crippen molar-refractivity contribution in [3.8, 4) is 0 Å². The van der Waals surface area contributed by atoms with Crippen molar-refractivity contribution in [1.29, 1.82) is 0 Å². The van der Waals surface area contributed by atoms with Crippen molar-refractivity contribution in [2.75, 3.05) is 11.4 Å². The second-order valence-electron chi connectivity index (χ2n) is 6.95. The van der Waals surface area contributed by atoms with Gasteiger partial charge in [-0.15, -0.1) is 0 Å². The average Bonchev–Trinajstić information content (AvgIpc) is 3.25. The van der Waals surface area contributed by atoms with E-state index in [2.05, 4.69) is 20.5 Å². The number of hydrogen-bond donors (Lipinski definition) is 2. The van der Waals surface area contributed by atoms with Crippen molar-refractivity contribution in [2.45, 2.75) is 45.0 Å². The van der Waals surface area contributed by atoms with Crippen molar-refractivity contribution in [1.82, 2.24) is 14.5 Å². The van der Waals surface area contributed by atoms with E-state index in [0.29, 0.717) is 12.5 Å². The molecule has 1 aliphatic carbocycles. The Morgan fingerprint density at radius 1 is 1.38 bits per heavy atom. The van der Waals surface area contributed by atoms with Gasteiger partial charge in [-0.2, -0.15) is 0 Å². The van der Waals surface area contributed by atoms with Gasteiger partial charge >= 0.3 is 0 Å². The van der Waals surface area contributed by atoms with E-state index in [1.54, 1.807) is 17.5 Å². The third kappa shape index (κ3) is 3.60. The maximum Gasteiger partial charge on any atom is 0.188 e. The Morgan fingerprint density at radius 3 is 2.96 bits per heavy atom. The van der Waals surface area contributed by atoms with Crippen LogP contribution in [0.25, 0.3) is 10.2 Å². The summed E-state index contributed by atoms with van der Waals surface area (Å²) in [5.41, 5.74) is 7.84. The quantitative estimate of drug-likeness (QED) is 0.595. The van der Waals surface area contributed by atoms with E-state index in [0.717, 1.165) is 53.3 Å². The lowest BCUT2D eigenvalue weighted by atomic mass is 9.83. The number of thiazole rings is 1. The number of rotatable bonds is 8. The fourth-order valence-corrected chi connectivity index (χ4v) is 4.47. The number of anilines is 1. The lowest BCUT2D eigenvalue weighted by Crippen LogP contribution is -2.44. The van der Waals surface area contributed by atoms with E-state index < -0.39 is 6.23 Å². The Labute approximate surface area is 157 Å². The number of imidazole rings is 1. The zero-order valence-electron chi connectivity index (χ0n) is 14.8. The monoisotopic (exact) mass is 371 g/mol. The number of aliphatic hydroxyl groups excluding tert-OH is 1. The van der Waals surface area contributed by atoms with Crippen molar-refractivity contribution in [3.05, 3.63) is 42.5 Å². The molecule has 4 rings (SSSR count). The molecule has 1 aliphatic rings. The van der Waals surface area contributed by atoms with Gasteiger partial charge in [0.15, 0.2) is 5.13 Å². The van der Waals surface area contributed by atoms with E-state index in [4.69, 9.17) is 10.7 Å². The summed E-state index contributed by atoms with van der Waals surface area (Å²) in [6.07, 6.45) is 9.49. The highest BCUT2D eigenvalue weighted by atomic mass is 32.1. The molecule has 1 fully saturated rings. The molecule has 0 aliphatic heterocycles. The molecule has 1 atom stereocenters. The number of fused-ring (bicyclic) bond motifs is 1. The molecule has 26 heavy (non-hydrogen) atoms. The van der Waals surface area contributed by atoms with Gasteiger partial charge < -0.3 is 20.3 Å². The molecule has 1 saturated carbocycles. The summed E-state index contributed by atoms with van der Waals surface area (Å²) in [6.45, 7) is 2.19. The normalized spacial score (nSPS) is 15.9. The van der Waals surface area contributed by atoms with Crippen LogP contribution in [0.1, 0.15) is 31.2 Å². The maximum absolute atomic E-state index is 10.9. The molecule has 2 aromatic heterocycles. The van der Waals surface area contributed by atoms with Gasteiger partial charge in [-0.1, -0.05) is 23.8 Å². The molecule has 3 aromatic rings. The predicted octanol–water partition coefficient (Wildman–Crippen LogP) is 2.97. The largest absolute Gasteiger partial charge is 0.373 e. The number of benzene rings is 1. The number of nitrogens with two attached hydrogens (primary N) is 1. The lowest BCUT2D eigenvalue weighted by molar-refractivity contribution is 0.0589. The molecule has 6 nitrogen and oxygen atoms in total. The van der Waals surface area contributed by atoms with E-state index in [9.17, 15) is 5.11 Å². The average molecular weight is 372 g/mol. The Bertz CT molecular complexity index is 843. The van der Waals surface area contributed by atoms with Crippen molar-refractivity contribution >= 4 is 26.7 Å². The first-order chi connectivity index (χ1) is 12.7. The lowest BCUT2D eigenvalue weighted by Gasteiger charge is -2.37. The van der Waals surface area contributed by atoms with Crippen LogP contribution in [0.5, 0.6) is 0 Å². The number of aromatic nitrogens is 3. The highest BCUT2D eigenvalue weighted by molar-refractivity contribution is 7.22. The molecule has 1 unspecified atom stereocenters. The van der Waals surface area contributed by atoms with Crippen LogP contribution in [-0.2, 0) is 13.1 Å². The first-order valence-corrected chi connectivity index (χ1v) is 10.1. The number of hydrogen-bond acceptors (Lipinski definition) is 6. The minimum absolute atomic E-state index is 0.356. The zero-order valence-corrected chi connectivity index (χ0v) is 15.6. The van der Waals surface area contributed by atoms with Crippen LogP contribution >= 0.6 is 11.3 Å². The van der Waals surface area contributed by atoms with Crippen molar-refractivity contribution in [3.63, 3.8) is 0 Å². The smallest absolute Gasteiger partial charge is 0.188 e. The summed E-state index contributed by atoms with van der Waals surface area (Å²) >= 11 is 1.64. The van der Waals surface area contributed by atoms with Crippen LogP contribution in [-0.4, -0.2) is 32.4 Å². The van der Waals surface area contributed by atoms with Gasteiger partial charge in [0.05, 0.1) is 16.5 Å². The van der Waals surface area contributed by atoms with Crippen LogP contribution in [0.3, 0.4) is 0 Å². The highest BCUT2D eigenvalue weighted by Crippen LogP contribution is 2.36. The van der Waals surface area contributed by atoms with Crippen molar-refractivity contribution in [2.24, 2.45) is 11.7 Å². The van der Waals surface area contributed by atoms with Gasteiger partial charge in [0.2, 0.25) is 0 Å². The van der Waals surface area contributed by atoms with Gasteiger partial charge in [-0.3, -0.25) is 0 Å². The second kappa shape index (κ2) is 7.73. The van der Waals surface area contributed by atoms with Crippen LogP contribution in [0, 0.1) is 5.92 Å². The van der Waals surface area contributed by atoms with Gasteiger partial charge in [-0.05, 0) is 37.0 Å². The Kier molecular flexibility index (Phi) is 5.19. The number of nitrogens with zero attached hydrogens (tertiary/aromatic N) is 4. The fraction of sp³-hybridized carbons (Fsp3) is 0.474.